The number of ether oxygens (including phenoxy) is 1. The highest BCUT2D eigenvalue weighted by molar-refractivity contribution is 5.89. The predicted molar refractivity (Wildman–Crippen MR) is 133 cm³/mol. The fourth-order valence-corrected chi connectivity index (χ4v) is 4.10. The van der Waals surface area contributed by atoms with Crippen LogP contribution < -0.4 is 10.6 Å². The van der Waals surface area contributed by atoms with E-state index in [4.69, 9.17) is 9.15 Å². The molecule has 0 spiro atoms. The van der Waals surface area contributed by atoms with Crippen LogP contribution in [0.1, 0.15) is 23.3 Å². The Morgan fingerprint density at radius 2 is 1.68 bits per heavy atom. The first-order valence-corrected chi connectivity index (χ1v) is 12.0. The van der Waals surface area contributed by atoms with Gasteiger partial charge in [-0.1, -0.05) is 42.5 Å². The van der Waals surface area contributed by atoms with Crippen LogP contribution in [0, 0.1) is 0 Å². The Balaban J connectivity index is 1.08. The van der Waals surface area contributed by atoms with E-state index >= 15 is 0 Å². The molecule has 2 amide bonds. The van der Waals surface area contributed by atoms with Crippen LogP contribution in [0.15, 0.2) is 77.4 Å². The summed E-state index contributed by atoms with van der Waals surface area (Å²) in [6.45, 7) is 7.89. The number of rotatable bonds is 11. The van der Waals surface area contributed by atoms with Crippen LogP contribution in [0.2, 0.25) is 0 Å². The van der Waals surface area contributed by atoms with E-state index in [1.54, 1.807) is 6.26 Å². The average molecular weight is 463 g/mol. The van der Waals surface area contributed by atoms with Gasteiger partial charge in [0, 0.05) is 45.0 Å². The zero-order valence-electron chi connectivity index (χ0n) is 19.6. The average Bonchev–Trinajstić information content (AvgIpc) is 3.37. The van der Waals surface area contributed by atoms with Gasteiger partial charge in [-0.25, -0.2) is 4.79 Å². The number of nitrogens with one attached hydrogen (secondary N) is 2. The first kappa shape index (κ1) is 24.0. The van der Waals surface area contributed by atoms with Crippen molar-refractivity contribution < 1.29 is 13.9 Å². The highest BCUT2D eigenvalue weighted by Crippen LogP contribution is 2.13. The van der Waals surface area contributed by atoms with Gasteiger partial charge < -0.3 is 24.7 Å². The lowest BCUT2D eigenvalue weighted by Crippen LogP contribution is -2.46. The van der Waals surface area contributed by atoms with Crippen molar-refractivity contribution in [3.63, 3.8) is 0 Å². The highest BCUT2D eigenvalue weighted by atomic mass is 16.5. The molecular formula is C27H34N4O3. The second-order valence-corrected chi connectivity index (χ2v) is 8.61. The van der Waals surface area contributed by atoms with Gasteiger partial charge in [-0.15, -0.1) is 0 Å². The molecule has 1 fully saturated rings. The molecule has 0 saturated carbocycles. The van der Waals surface area contributed by atoms with E-state index in [-0.39, 0.29) is 6.03 Å². The molecule has 2 aromatic carbocycles. The molecule has 1 aliphatic heterocycles. The monoisotopic (exact) mass is 462 g/mol. The van der Waals surface area contributed by atoms with Crippen molar-refractivity contribution in [1.82, 2.24) is 15.1 Å². The summed E-state index contributed by atoms with van der Waals surface area (Å²) < 4.78 is 10.9. The van der Waals surface area contributed by atoms with Gasteiger partial charge in [0.2, 0.25) is 0 Å². The Hall–Kier alpha value is -3.13. The third-order valence-electron chi connectivity index (χ3n) is 5.93. The van der Waals surface area contributed by atoms with E-state index in [1.807, 2.05) is 36.4 Å². The second kappa shape index (κ2) is 12.9. The summed E-state index contributed by atoms with van der Waals surface area (Å²) in [5, 5.41) is 5.87. The van der Waals surface area contributed by atoms with Gasteiger partial charge in [0.15, 0.2) is 0 Å². The molecule has 2 N–H and O–H groups in total. The zero-order chi connectivity index (χ0) is 23.4. The molecule has 34 heavy (non-hydrogen) atoms. The first-order chi connectivity index (χ1) is 16.7. The Kier molecular flexibility index (Phi) is 9.13. The van der Waals surface area contributed by atoms with Crippen molar-refractivity contribution in [2.24, 2.45) is 0 Å². The maximum absolute atomic E-state index is 12.3. The van der Waals surface area contributed by atoms with Crippen LogP contribution in [0.25, 0.3) is 0 Å². The molecule has 3 aromatic rings. The minimum absolute atomic E-state index is 0.179. The maximum Gasteiger partial charge on any atom is 0.319 e. The van der Waals surface area contributed by atoms with E-state index in [2.05, 4.69) is 50.8 Å². The molecule has 0 atom stereocenters. The largest absolute Gasteiger partial charge is 0.467 e. The number of amides is 2. The van der Waals surface area contributed by atoms with E-state index in [0.717, 1.165) is 62.7 Å². The minimum atomic E-state index is -0.179. The number of nitrogens with zero attached hydrogens (tertiary/aromatic N) is 2. The third-order valence-corrected chi connectivity index (χ3v) is 5.93. The van der Waals surface area contributed by atoms with Crippen molar-refractivity contribution >= 4 is 11.7 Å². The third kappa shape index (κ3) is 8.02. The number of carbonyl (C=O) groups is 1. The van der Waals surface area contributed by atoms with Gasteiger partial charge in [-0.3, -0.25) is 4.90 Å². The van der Waals surface area contributed by atoms with E-state index < -0.39 is 0 Å². The lowest BCUT2D eigenvalue weighted by Gasteiger charge is -2.34. The molecular weight excluding hydrogens is 428 g/mol. The number of benzene rings is 2. The Morgan fingerprint density at radius 1 is 0.882 bits per heavy atom. The van der Waals surface area contributed by atoms with E-state index in [0.29, 0.717) is 19.8 Å². The number of anilines is 1. The quantitative estimate of drug-likeness (QED) is 0.415. The summed E-state index contributed by atoms with van der Waals surface area (Å²) in [6.07, 6.45) is 2.57. The fourth-order valence-electron chi connectivity index (χ4n) is 4.10. The SMILES string of the molecule is O=C(NCCCN1CCN(Cc2ccccc2)CC1)Nc1cccc(COCc2ccco2)c1. The molecule has 1 saturated heterocycles. The lowest BCUT2D eigenvalue weighted by atomic mass is 10.2. The molecule has 1 aliphatic rings. The van der Waals surface area contributed by atoms with Crippen LogP contribution >= 0.6 is 0 Å². The van der Waals surface area contributed by atoms with Crippen LogP contribution in [-0.2, 0) is 24.5 Å². The molecule has 2 heterocycles. The Morgan fingerprint density at radius 3 is 2.47 bits per heavy atom. The Bertz CT molecular complexity index is 986. The van der Waals surface area contributed by atoms with Gasteiger partial charge in [0.05, 0.1) is 12.9 Å². The summed E-state index contributed by atoms with van der Waals surface area (Å²) in [7, 11) is 0. The normalized spacial score (nSPS) is 14.7. The molecule has 4 rings (SSSR count). The van der Waals surface area contributed by atoms with Crippen molar-refractivity contribution in [1.29, 1.82) is 0 Å². The fraction of sp³-hybridized carbons (Fsp3) is 0.370. The summed E-state index contributed by atoms with van der Waals surface area (Å²) in [5.74, 6) is 0.794. The van der Waals surface area contributed by atoms with Crippen molar-refractivity contribution in [2.45, 2.75) is 26.2 Å². The number of urea groups is 1. The van der Waals surface area contributed by atoms with Gasteiger partial charge in [0.1, 0.15) is 12.4 Å². The van der Waals surface area contributed by atoms with Crippen LogP contribution in [0.4, 0.5) is 10.5 Å². The lowest BCUT2D eigenvalue weighted by molar-refractivity contribution is 0.0930. The van der Waals surface area contributed by atoms with Crippen LogP contribution in [0.5, 0.6) is 0 Å². The second-order valence-electron chi connectivity index (χ2n) is 8.61. The molecule has 7 nitrogen and oxygen atoms in total. The summed E-state index contributed by atoms with van der Waals surface area (Å²) in [4.78, 5) is 17.3. The summed E-state index contributed by atoms with van der Waals surface area (Å²) in [6, 6.07) is 21.9. The number of carbonyl (C=O) groups excluding carboxylic acids is 1. The van der Waals surface area contributed by atoms with Crippen LogP contribution in [0.3, 0.4) is 0 Å². The van der Waals surface area contributed by atoms with Gasteiger partial charge in [0.25, 0.3) is 0 Å². The van der Waals surface area contributed by atoms with Crippen LogP contribution in [-0.4, -0.2) is 55.1 Å². The molecule has 7 heteroatoms. The smallest absolute Gasteiger partial charge is 0.319 e. The van der Waals surface area contributed by atoms with Gasteiger partial charge in [-0.2, -0.15) is 0 Å². The van der Waals surface area contributed by atoms with Crippen molar-refractivity contribution in [3.8, 4) is 0 Å². The number of hydrogen-bond donors (Lipinski definition) is 2. The molecule has 0 bridgehead atoms. The molecule has 0 aliphatic carbocycles. The molecule has 180 valence electrons. The predicted octanol–water partition coefficient (Wildman–Crippen LogP) is 4.33. The number of hydrogen-bond acceptors (Lipinski definition) is 5. The molecule has 1 aromatic heterocycles. The first-order valence-electron chi connectivity index (χ1n) is 12.0. The van der Waals surface area contributed by atoms with Crippen molar-refractivity contribution in [2.75, 3.05) is 44.6 Å². The maximum atomic E-state index is 12.3. The standard InChI is InChI=1S/C27H34N4O3/c32-27(29-25-10-4-9-24(19-25)21-33-22-26-11-5-18-34-26)28-12-6-13-30-14-16-31(17-15-30)20-23-7-2-1-3-8-23/h1-5,7-11,18-19H,6,12-17,20-22H2,(H2,28,29,32). The summed E-state index contributed by atoms with van der Waals surface area (Å²) >= 11 is 0. The van der Waals surface area contributed by atoms with Crippen molar-refractivity contribution in [3.05, 3.63) is 89.9 Å². The number of furan rings is 1. The number of piperazine rings is 1. The van der Waals surface area contributed by atoms with E-state index in [9.17, 15) is 4.79 Å². The zero-order valence-corrected chi connectivity index (χ0v) is 19.6. The van der Waals surface area contributed by atoms with Gasteiger partial charge in [-0.05, 0) is 48.4 Å². The van der Waals surface area contributed by atoms with Gasteiger partial charge >= 0.3 is 6.03 Å². The minimum Gasteiger partial charge on any atom is -0.467 e. The Labute approximate surface area is 201 Å². The highest BCUT2D eigenvalue weighted by Gasteiger charge is 2.16. The molecule has 0 unspecified atom stereocenters. The summed E-state index contributed by atoms with van der Waals surface area (Å²) in [5.41, 5.74) is 3.13. The topological polar surface area (TPSA) is 70.0 Å². The molecule has 0 radical (unpaired) electrons. The van der Waals surface area contributed by atoms with E-state index in [1.165, 1.54) is 5.56 Å².